The Hall–Kier alpha value is -3.31. The van der Waals surface area contributed by atoms with E-state index in [1.165, 1.54) is 23.9 Å². The SMILES string of the molecule is Cc1noc(C)c1-c1nc(CN2CCCN(C(=O)CSc3ccnc4ccc(F)cc34)CC2)no1. The molecule has 3 aromatic heterocycles. The molecule has 4 heterocycles. The second kappa shape index (κ2) is 10.1. The largest absolute Gasteiger partial charge is 0.361 e. The fourth-order valence-electron chi connectivity index (χ4n) is 4.24. The Kier molecular flexibility index (Phi) is 6.78. The van der Waals surface area contributed by atoms with Gasteiger partial charge in [0.25, 0.3) is 5.89 Å². The summed E-state index contributed by atoms with van der Waals surface area (Å²) in [5.41, 5.74) is 2.16. The van der Waals surface area contributed by atoms with Gasteiger partial charge < -0.3 is 13.9 Å². The molecule has 4 aromatic rings. The molecule has 0 saturated carbocycles. The highest BCUT2D eigenvalue weighted by Crippen LogP contribution is 2.28. The van der Waals surface area contributed by atoms with E-state index >= 15 is 0 Å². The monoisotopic (exact) mass is 496 g/mol. The first kappa shape index (κ1) is 23.4. The molecule has 1 fully saturated rings. The van der Waals surface area contributed by atoms with Crippen LogP contribution in [0.2, 0.25) is 0 Å². The summed E-state index contributed by atoms with van der Waals surface area (Å²) in [5.74, 6) is 1.69. The van der Waals surface area contributed by atoms with Gasteiger partial charge in [-0.2, -0.15) is 4.98 Å². The van der Waals surface area contributed by atoms with E-state index < -0.39 is 0 Å². The molecule has 1 aliphatic rings. The summed E-state index contributed by atoms with van der Waals surface area (Å²) in [6.07, 6.45) is 2.54. The molecule has 11 heteroatoms. The molecule has 1 amide bonds. The topological polar surface area (TPSA) is 101 Å². The van der Waals surface area contributed by atoms with Gasteiger partial charge in [-0.25, -0.2) is 4.39 Å². The Morgan fingerprint density at radius 3 is 2.83 bits per heavy atom. The number of benzene rings is 1. The van der Waals surface area contributed by atoms with Gasteiger partial charge in [-0.1, -0.05) is 10.3 Å². The lowest BCUT2D eigenvalue weighted by Gasteiger charge is -2.21. The third-order valence-corrected chi connectivity index (χ3v) is 7.09. The zero-order valence-corrected chi connectivity index (χ0v) is 20.3. The van der Waals surface area contributed by atoms with Crippen molar-refractivity contribution >= 4 is 28.6 Å². The van der Waals surface area contributed by atoms with Crippen molar-refractivity contribution in [2.24, 2.45) is 0 Å². The Morgan fingerprint density at radius 2 is 2.00 bits per heavy atom. The summed E-state index contributed by atoms with van der Waals surface area (Å²) in [6.45, 7) is 7.06. The van der Waals surface area contributed by atoms with E-state index in [0.717, 1.165) is 35.4 Å². The molecule has 0 N–H and O–H groups in total. The number of amides is 1. The lowest BCUT2D eigenvalue weighted by atomic mass is 10.2. The lowest BCUT2D eigenvalue weighted by molar-refractivity contribution is -0.128. The van der Waals surface area contributed by atoms with E-state index in [0.29, 0.717) is 54.1 Å². The second-order valence-electron chi connectivity index (χ2n) is 8.48. The summed E-state index contributed by atoms with van der Waals surface area (Å²) in [6, 6.07) is 6.34. The molecular weight excluding hydrogens is 471 g/mol. The number of carbonyl (C=O) groups is 1. The van der Waals surface area contributed by atoms with Crippen molar-refractivity contribution in [2.75, 3.05) is 31.9 Å². The third-order valence-electron chi connectivity index (χ3n) is 6.04. The van der Waals surface area contributed by atoms with Crippen LogP contribution < -0.4 is 0 Å². The number of hydrogen-bond donors (Lipinski definition) is 0. The number of carbonyl (C=O) groups excluding carboxylic acids is 1. The summed E-state index contributed by atoms with van der Waals surface area (Å²) in [5, 5.41) is 8.78. The van der Waals surface area contributed by atoms with Crippen LogP contribution in [0.25, 0.3) is 22.4 Å². The van der Waals surface area contributed by atoms with Crippen molar-refractivity contribution in [3.05, 3.63) is 53.6 Å². The first-order valence-corrected chi connectivity index (χ1v) is 12.4. The van der Waals surface area contributed by atoms with E-state index in [9.17, 15) is 9.18 Å². The highest BCUT2D eigenvalue weighted by molar-refractivity contribution is 8.00. The van der Waals surface area contributed by atoms with E-state index in [1.807, 2.05) is 24.8 Å². The Labute approximate surface area is 205 Å². The van der Waals surface area contributed by atoms with Crippen LogP contribution >= 0.6 is 11.8 Å². The fraction of sp³-hybridized carbons (Fsp3) is 0.375. The van der Waals surface area contributed by atoms with Gasteiger partial charge in [0.1, 0.15) is 17.1 Å². The smallest absolute Gasteiger partial charge is 0.263 e. The molecule has 1 aliphatic heterocycles. The highest BCUT2D eigenvalue weighted by atomic mass is 32.2. The van der Waals surface area contributed by atoms with Crippen molar-refractivity contribution < 1.29 is 18.2 Å². The summed E-state index contributed by atoms with van der Waals surface area (Å²) < 4.78 is 24.3. The number of pyridine rings is 1. The van der Waals surface area contributed by atoms with Crippen molar-refractivity contribution in [1.82, 2.24) is 30.1 Å². The van der Waals surface area contributed by atoms with E-state index in [1.54, 1.807) is 12.3 Å². The first-order valence-electron chi connectivity index (χ1n) is 11.4. The minimum Gasteiger partial charge on any atom is -0.361 e. The van der Waals surface area contributed by atoms with Crippen molar-refractivity contribution in [2.45, 2.75) is 31.7 Å². The zero-order chi connectivity index (χ0) is 24.4. The van der Waals surface area contributed by atoms with E-state index in [4.69, 9.17) is 9.05 Å². The van der Waals surface area contributed by atoms with Crippen molar-refractivity contribution in [3.8, 4) is 11.5 Å². The fourth-order valence-corrected chi connectivity index (χ4v) is 5.17. The molecule has 0 aliphatic carbocycles. The zero-order valence-electron chi connectivity index (χ0n) is 19.5. The van der Waals surface area contributed by atoms with Crippen LogP contribution in [0, 0.1) is 19.7 Å². The van der Waals surface area contributed by atoms with Crippen LogP contribution in [0.5, 0.6) is 0 Å². The standard InChI is InChI=1S/C24H25FN6O3S/c1-15-23(16(2)33-28-15)24-27-21(29-34-24)13-30-8-3-9-31(11-10-30)22(32)14-35-20-6-7-26-19-5-4-17(25)12-18(19)20/h4-7,12H,3,8-11,13-14H2,1-2H3. The molecule has 182 valence electrons. The van der Waals surface area contributed by atoms with Gasteiger partial charge >= 0.3 is 0 Å². The first-order chi connectivity index (χ1) is 17.0. The lowest BCUT2D eigenvalue weighted by Crippen LogP contribution is -2.36. The number of hydrogen-bond acceptors (Lipinski definition) is 9. The van der Waals surface area contributed by atoms with E-state index in [2.05, 4.69) is 25.2 Å². The van der Waals surface area contributed by atoms with Crippen LogP contribution in [0.3, 0.4) is 0 Å². The third kappa shape index (κ3) is 5.20. The van der Waals surface area contributed by atoms with Crippen LogP contribution in [0.15, 0.2) is 44.4 Å². The van der Waals surface area contributed by atoms with Crippen LogP contribution in [-0.2, 0) is 11.3 Å². The van der Waals surface area contributed by atoms with Gasteiger partial charge in [0.15, 0.2) is 5.82 Å². The number of aryl methyl sites for hydroxylation is 2. The van der Waals surface area contributed by atoms with Crippen molar-refractivity contribution in [3.63, 3.8) is 0 Å². The van der Waals surface area contributed by atoms with E-state index in [-0.39, 0.29) is 11.7 Å². The molecule has 5 rings (SSSR count). The molecule has 1 aromatic carbocycles. The normalized spacial score (nSPS) is 15.0. The van der Waals surface area contributed by atoms with Crippen LogP contribution in [0.4, 0.5) is 4.39 Å². The molecular formula is C24H25FN6O3S. The van der Waals surface area contributed by atoms with Gasteiger partial charge in [0, 0.05) is 42.7 Å². The average Bonchev–Trinajstić information content (AvgIpc) is 3.35. The van der Waals surface area contributed by atoms with Crippen LogP contribution in [0.1, 0.15) is 23.7 Å². The van der Waals surface area contributed by atoms with Gasteiger partial charge in [-0.3, -0.25) is 14.7 Å². The van der Waals surface area contributed by atoms with Crippen LogP contribution in [-0.4, -0.2) is 67.9 Å². The molecule has 35 heavy (non-hydrogen) atoms. The summed E-state index contributed by atoms with van der Waals surface area (Å²) >= 11 is 1.42. The number of halogens is 1. The predicted octanol–water partition coefficient (Wildman–Crippen LogP) is 3.86. The second-order valence-corrected chi connectivity index (χ2v) is 9.50. The number of rotatable bonds is 6. The van der Waals surface area contributed by atoms with Gasteiger partial charge in [-0.15, -0.1) is 11.8 Å². The Balaban J connectivity index is 1.17. The molecule has 0 radical (unpaired) electrons. The number of nitrogens with zero attached hydrogens (tertiary/aromatic N) is 6. The number of fused-ring (bicyclic) bond motifs is 1. The molecule has 9 nitrogen and oxygen atoms in total. The molecule has 0 unspecified atom stereocenters. The van der Waals surface area contributed by atoms with Gasteiger partial charge in [-0.05, 0) is 44.5 Å². The maximum atomic E-state index is 13.7. The summed E-state index contributed by atoms with van der Waals surface area (Å²) in [7, 11) is 0. The average molecular weight is 497 g/mol. The maximum absolute atomic E-state index is 13.7. The van der Waals surface area contributed by atoms with Gasteiger partial charge in [0.2, 0.25) is 5.91 Å². The predicted molar refractivity (Wildman–Crippen MR) is 128 cm³/mol. The molecule has 0 atom stereocenters. The maximum Gasteiger partial charge on any atom is 0.263 e. The minimum atomic E-state index is -0.313. The Bertz CT molecular complexity index is 1340. The summed E-state index contributed by atoms with van der Waals surface area (Å²) in [4.78, 5) is 26.7. The van der Waals surface area contributed by atoms with Gasteiger partial charge in [0.05, 0.1) is 23.5 Å². The molecule has 0 spiro atoms. The number of aromatic nitrogens is 4. The Morgan fingerprint density at radius 1 is 1.11 bits per heavy atom. The number of thioether (sulfide) groups is 1. The molecule has 1 saturated heterocycles. The highest BCUT2D eigenvalue weighted by Gasteiger charge is 2.22. The quantitative estimate of drug-likeness (QED) is 0.368. The minimum absolute atomic E-state index is 0.0680. The van der Waals surface area contributed by atoms with Crippen molar-refractivity contribution in [1.29, 1.82) is 0 Å². The molecule has 0 bridgehead atoms.